The van der Waals surface area contributed by atoms with Crippen LogP contribution in [0, 0.1) is 11.3 Å². The van der Waals surface area contributed by atoms with E-state index in [1.54, 1.807) is 0 Å². The summed E-state index contributed by atoms with van der Waals surface area (Å²) < 4.78 is 0. The number of aliphatic hydroxyl groups excluding tert-OH is 1. The third-order valence-electron chi connectivity index (χ3n) is 1.91. The molecule has 0 aromatic rings. The van der Waals surface area contributed by atoms with Gasteiger partial charge in [0.1, 0.15) is 11.6 Å². The Kier molecular flexibility index (Phi) is 9.03. The van der Waals surface area contributed by atoms with Crippen LogP contribution < -0.4 is 10.6 Å². The van der Waals surface area contributed by atoms with Gasteiger partial charge in [-0.05, 0) is 12.8 Å². The van der Waals surface area contributed by atoms with Gasteiger partial charge in [-0.15, -0.1) is 0 Å². The first-order valence-corrected chi connectivity index (χ1v) is 5.49. The maximum absolute atomic E-state index is 11.4. The standard InChI is InChI=1S/C11H19N3O2/c1-2-3-6-14-11(16)10(8-12)9-13-5-4-7-15/h9,13,15H,2-7H2,1H3,(H,14,16)/b10-9-. The molecule has 16 heavy (non-hydrogen) atoms. The molecule has 0 spiro atoms. The fraction of sp³-hybridized carbons (Fsp3) is 0.636. The van der Waals surface area contributed by atoms with Gasteiger partial charge in [0.15, 0.2) is 0 Å². The molecule has 90 valence electrons. The van der Waals surface area contributed by atoms with Crippen LogP contribution in [0.15, 0.2) is 11.8 Å². The number of aliphatic hydroxyl groups is 1. The average Bonchev–Trinajstić information content (AvgIpc) is 2.29. The first kappa shape index (κ1) is 14.5. The quantitative estimate of drug-likeness (QED) is 0.315. The van der Waals surface area contributed by atoms with E-state index in [-0.39, 0.29) is 18.1 Å². The summed E-state index contributed by atoms with van der Waals surface area (Å²) in [4.78, 5) is 11.4. The minimum absolute atomic E-state index is 0.0639. The van der Waals surface area contributed by atoms with E-state index >= 15 is 0 Å². The first-order valence-electron chi connectivity index (χ1n) is 5.49. The number of hydrogen-bond acceptors (Lipinski definition) is 4. The zero-order valence-electron chi connectivity index (χ0n) is 9.62. The normalized spacial score (nSPS) is 10.7. The van der Waals surface area contributed by atoms with E-state index in [4.69, 9.17) is 10.4 Å². The highest BCUT2D eigenvalue weighted by molar-refractivity contribution is 5.97. The van der Waals surface area contributed by atoms with Crippen LogP contribution in [0.25, 0.3) is 0 Å². The number of rotatable bonds is 8. The maximum atomic E-state index is 11.4. The number of nitrogens with zero attached hydrogens (tertiary/aromatic N) is 1. The fourth-order valence-electron chi connectivity index (χ4n) is 0.978. The lowest BCUT2D eigenvalue weighted by atomic mass is 10.2. The monoisotopic (exact) mass is 225 g/mol. The maximum Gasteiger partial charge on any atom is 0.263 e. The molecule has 0 aromatic heterocycles. The van der Waals surface area contributed by atoms with Crippen molar-refractivity contribution in [3.8, 4) is 6.07 Å². The third kappa shape index (κ3) is 6.85. The fourth-order valence-corrected chi connectivity index (χ4v) is 0.978. The molecular formula is C11H19N3O2. The van der Waals surface area contributed by atoms with E-state index in [2.05, 4.69) is 10.6 Å². The van der Waals surface area contributed by atoms with Crippen molar-refractivity contribution in [3.63, 3.8) is 0 Å². The predicted octanol–water partition coefficient (Wildman–Crippen LogP) is 0.282. The Bertz CT molecular complexity index is 269. The molecule has 0 rings (SSSR count). The molecule has 5 heteroatoms. The number of amides is 1. The van der Waals surface area contributed by atoms with Gasteiger partial charge in [0.05, 0.1) is 0 Å². The summed E-state index contributed by atoms with van der Waals surface area (Å²) in [6.07, 6.45) is 3.88. The van der Waals surface area contributed by atoms with Crippen LogP contribution in [0.5, 0.6) is 0 Å². The Morgan fingerprint density at radius 2 is 2.19 bits per heavy atom. The Balaban J connectivity index is 3.96. The van der Waals surface area contributed by atoms with Crippen LogP contribution in [-0.2, 0) is 4.79 Å². The minimum atomic E-state index is -0.354. The highest BCUT2D eigenvalue weighted by atomic mass is 16.3. The lowest BCUT2D eigenvalue weighted by Gasteiger charge is -2.03. The van der Waals surface area contributed by atoms with Gasteiger partial charge in [0, 0.05) is 25.9 Å². The molecule has 0 unspecified atom stereocenters. The van der Waals surface area contributed by atoms with Crippen LogP contribution in [0.2, 0.25) is 0 Å². The van der Waals surface area contributed by atoms with E-state index in [9.17, 15) is 4.79 Å². The first-order chi connectivity index (χ1) is 7.76. The van der Waals surface area contributed by atoms with Crippen LogP contribution in [0.3, 0.4) is 0 Å². The van der Waals surface area contributed by atoms with Crippen LogP contribution in [0.1, 0.15) is 26.2 Å². The second-order valence-corrected chi connectivity index (χ2v) is 3.31. The molecule has 0 atom stereocenters. The number of hydrogen-bond donors (Lipinski definition) is 3. The van der Waals surface area contributed by atoms with E-state index in [1.807, 2.05) is 13.0 Å². The van der Waals surface area contributed by atoms with Crippen LogP contribution in [0.4, 0.5) is 0 Å². The molecule has 0 fully saturated rings. The molecule has 1 amide bonds. The molecule has 0 saturated carbocycles. The van der Waals surface area contributed by atoms with Crippen molar-refractivity contribution >= 4 is 5.91 Å². The zero-order chi connectivity index (χ0) is 12.2. The third-order valence-corrected chi connectivity index (χ3v) is 1.91. The molecule has 5 nitrogen and oxygen atoms in total. The Morgan fingerprint density at radius 1 is 1.44 bits per heavy atom. The van der Waals surface area contributed by atoms with Gasteiger partial charge in [-0.25, -0.2) is 0 Å². The molecule has 0 saturated heterocycles. The van der Waals surface area contributed by atoms with Crippen molar-refractivity contribution < 1.29 is 9.90 Å². The molecule has 0 aromatic carbocycles. The topological polar surface area (TPSA) is 85.2 Å². The van der Waals surface area contributed by atoms with Crippen molar-refractivity contribution in [2.45, 2.75) is 26.2 Å². The summed E-state index contributed by atoms with van der Waals surface area (Å²) in [5.41, 5.74) is 0.0639. The summed E-state index contributed by atoms with van der Waals surface area (Å²) in [6, 6.07) is 1.83. The summed E-state index contributed by atoms with van der Waals surface area (Å²) >= 11 is 0. The second kappa shape index (κ2) is 9.99. The van der Waals surface area contributed by atoms with Crippen molar-refractivity contribution in [1.29, 1.82) is 5.26 Å². The van der Waals surface area contributed by atoms with E-state index < -0.39 is 0 Å². The largest absolute Gasteiger partial charge is 0.396 e. The van der Waals surface area contributed by atoms with Gasteiger partial charge in [0.2, 0.25) is 0 Å². The molecule has 0 bridgehead atoms. The Labute approximate surface area is 96.1 Å². The van der Waals surface area contributed by atoms with Crippen molar-refractivity contribution in [3.05, 3.63) is 11.8 Å². The summed E-state index contributed by atoms with van der Waals surface area (Å²) in [7, 11) is 0. The lowest BCUT2D eigenvalue weighted by molar-refractivity contribution is -0.117. The van der Waals surface area contributed by atoms with Gasteiger partial charge in [-0.2, -0.15) is 5.26 Å². The Hall–Kier alpha value is -1.54. The molecule has 0 aliphatic heterocycles. The number of carbonyl (C=O) groups is 1. The van der Waals surface area contributed by atoms with Gasteiger partial charge < -0.3 is 15.7 Å². The number of unbranched alkanes of at least 4 members (excludes halogenated alkanes) is 1. The van der Waals surface area contributed by atoms with E-state index in [0.717, 1.165) is 12.8 Å². The number of nitriles is 1. The van der Waals surface area contributed by atoms with Crippen molar-refractivity contribution in [2.75, 3.05) is 19.7 Å². The van der Waals surface area contributed by atoms with Gasteiger partial charge in [-0.3, -0.25) is 4.79 Å². The smallest absolute Gasteiger partial charge is 0.263 e. The van der Waals surface area contributed by atoms with Gasteiger partial charge >= 0.3 is 0 Å². The molecule has 0 aliphatic rings. The molecule has 0 aliphatic carbocycles. The van der Waals surface area contributed by atoms with Crippen molar-refractivity contribution in [1.82, 2.24) is 10.6 Å². The summed E-state index contributed by atoms with van der Waals surface area (Å²) in [5.74, 6) is -0.354. The highest BCUT2D eigenvalue weighted by Crippen LogP contribution is 1.91. The highest BCUT2D eigenvalue weighted by Gasteiger charge is 2.06. The van der Waals surface area contributed by atoms with E-state index in [0.29, 0.717) is 19.5 Å². The van der Waals surface area contributed by atoms with Crippen LogP contribution in [-0.4, -0.2) is 30.7 Å². The minimum Gasteiger partial charge on any atom is -0.396 e. The average molecular weight is 225 g/mol. The summed E-state index contributed by atoms with van der Waals surface area (Å²) in [6.45, 7) is 3.25. The lowest BCUT2D eigenvalue weighted by Crippen LogP contribution is -2.26. The molecule has 0 heterocycles. The zero-order valence-corrected chi connectivity index (χ0v) is 9.62. The molecular weight excluding hydrogens is 206 g/mol. The van der Waals surface area contributed by atoms with Crippen molar-refractivity contribution in [2.24, 2.45) is 0 Å². The van der Waals surface area contributed by atoms with E-state index in [1.165, 1.54) is 6.20 Å². The SMILES string of the molecule is CCCCNC(=O)/C(C#N)=C\NCCCO. The number of nitrogens with one attached hydrogen (secondary N) is 2. The second-order valence-electron chi connectivity index (χ2n) is 3.31. The van der Waals surface area contributed by atoms with Crippen LogP contribution >= 0.6 is 0 Å². The van der Waals surface area contributed by atoms with Gasteiger partial charge in [-0.1, -0.05) is 13.3 Å². The summed E-state index contributed by atoms with van der Waals surface area (Å²) in [5, 5.41) is 22.7. The molecule has 3 N–H and O–H groups in total. The predicted molar refractivity (Wildman–Crippen MR) is 61.3 cm³/mol. The molecule has 0 radical (unpaired) electrons. The van der Waals surface area contributed by atoms with Gasteiger partial charge in [0.25, 0.3) is 5.91 Å². The Morgan fingerprint density at radius 3 is 2.75 bits per heavy atom. The number of carbonyl (C=O) groups excluding carboxylic acids is 1.